The van der Waals surface area contributed by atoms with E-state index in [1.54, 1.807) is 24.0 Å². The van der Waals surface area contributed by atoms with Crippen LogP contribution in [-0.4, -0.2) is 18.6 Å². The molecule has 1 atom stereocenters. The zero-order chi connectivity index (χ0) is 16.4. The standard InChI is InChI=1S/C18H19FN2O2.ClH/c1-12(23-17-10-3-2-7-14(17)19)18(22)21-11-5-6-13-15(20)8-4-9-16(13)21;/h2-4,7-10,12H,5-6,11,20H2,1H3;1H. The number of ether oxygens (including phenoxy) is 1. The summed E-state index contributed by atoms with van der Waals surface area (Å²) in [6.45, 7) is 2.25. The van der Waals surface area contributed by atoms with Gasteiger partial charge in [-0.15, -0.1) is 12.4 Å². The number of fused-ring (bicyclic) bond motifs is 1. The molecule has 0 radical (unpaired) electrons. The van der Waals surface area contributed by atoms with Crippen LogP contribution in [0.15, 0.2) is 42.5 Å². The van der Waals surface area contributed by atoms with E-state index >= 15 is 0 Å². The molecule has 0 saturated carbocycles. The first-order valence-corrected chi connectivity index (χ1v) is 7.68. The van der Waals surface area contributed by atoms with Crippen molar-refractivity contribution >= 4 is 29.7 Å². The quantitative estimate of drug-likeness (QED) is 0.861. The molecule has 1 aliphatic heterocycles. The van der Waals surface area contributed by atoms with E-state index < -0.39 is 11.9 Å². The molecule has 1 amide bonds. The number of nitrogens with two attached hydrogens (primary N) is 1. The van der Waals surface area contributed by atoms with E-state index in [1.807, 2.05) is 18.2 Å². The zero-order valence-corrected chi connectivity index (χ0v) is 14.2. The number of para-hydroxylation sites is 1. The number of carbonyl (C=O) groups excluding carboxylic acids is 1. The summed E-state index contributed by atoms with van der Waals surface area (Å²) in [6, 6.07) is 11.6. The van der Waals surface area contributed by atoms with Crippen molar-refractivity contribution in [3.8, 4) is 5.75 Å². The zero-order valence-electron chi connectivity index (χ0n) is 13.4. The third-order valence-electron chi connectivity index (χ3n) is 4.04. The summed E-state index contributed by atoms with van der Waals surface area (Å²) in [7, 11) is 0. The van der Waals surface area contributed by atoms with E-state index in [2.05, 4.69) is 0 Å². The van der Waals surface area contributed by atoms with Gasteiger partial charge in [-0.1, -0.05) is 18.2 Å². The summed E-state index contributed by atoms with van der Waals surface area (Å²) < 4.78 is 19.2. The van der Waals surface area contributed by atoms with Gasteiger partial charge in [-0.2, -0.15) is 0 Å². The van der Waals surface area contributed by atoms with E-state index in [0.717, 1.165) is 24.1 Å². The molecule has 0 bridgehead atoms. The monoisotopic (exact) mass is 350 g/mol. The van der Waals surface area contributed by atoms with Gasteiger partial charge in [0, 0.05) is 17.9 Å². The predicted octanol–water partition coefficient (Wildman–Crippen LogP) is 3.58. The molecule has 128 valence electrons. The second-order valence-corrected chi connectivity index (χ2v) is 5.63. The van der Waals surface area contributed by atoms with E-state index in [9.17, 15) is 9.18 Å². The normalized spacial score (nSPS) is 14.3. The summed E-state index contributed by atoms with van der Waals surface area (Å²) in [5.41, 5.74) is 8.52. The van der Waals surface area contributed by atoms with Crippen LogP contribution in [0.4, 0.5) is 15.8 Å². The SMILES string of the molecule is CC(Oc1ccccc1F)C(=O)N1CCCc2c(N)cccc21.Cl. The van der Waals surface area contributed by atoms with Gasteiger partial charge in [0.05, 0.1) is 0 Å². The minimum Gasteiger partial charge on any atom is -0.478 e. The van der Waals surface area contributed by atoms with Gasteiger partial charge in [0.2, 0.25) is 0 Å². The fourth-order valence-electron chi connectivity index (χ4n) is 2.88. The van der Waals surface area contributed by atoms with Crippen molar-refractivity contribution in [2.75, 3.05) is 17.2 Å². The maximum atomic E-state index is 13.7. The van der Waals surface area contributed by atoms with Gasteiger partial charge < -0.3 is 15.4 Å². The first kappa shape index (κ1) is 18.1. The maximum absolute atomic E-state index is 13.7. The van der Waals surface area contributed by atoms with Crippen LogP contribution in [-0.2, 0) is 11.2 Å². The highest BCUT2D eigenvalue weighted by molar-refractivity contribution is 5.98. The smallest absolute Gasteiger partial charge is 0.267 e. The number of carbonyl (C=O) groups is 1. The van der Waals surface area contributed by atoms with Gasteiger partial charge in [0.1, 0.15) is 0 Å². The lowest BCUT2D eigenvalue weighted by atomic mass is 9.99. The third kappa shape index (κ3) is 3.46. The number of nitrogen functional groups attached to an aromatic ring is 1. The number of amides is 1. The molecule has 4 nitrogen and oxygen atoms in total. The molecule has 2 aromatic carbocycles. The van der Waals surface area contributed by atoms with E-state index in [-0.39, 0.29) is 24.1 Å². The van der Waals surface area contributed by atoms with Crippen molar-refractivity contribution in [1.82, 2.24) is 0 Å². The Bertz CT molecular complexity index is 739. The van der Waals surface area contributed by atoms with Gasteiger partial charge in [-0.25, -0.2) is 4.39 Å². The minimum absolute atomic E-state index is 0. The highest BCUT2D eigenvalue weighted by Gasteiger charge is 2.28. The molecular formula is C18H20ClFN2O2. The largest absolute Gasteiger partial charge is 0.478 e. The summed E-state index contributed by atoms with van der Waals surface area (Å²) in [5, 5.41) is 0. The van der Waals surface area contributed by atoms with Crippen LogP contribution in [0, 0.1) is 5.82 Å². The topological polar surface area (TPSA) is 55.6 Å². The summed E-state index contributed by atoms with van der Waals surface area (Å²) in [5.74, 6) is -0.589. The number of hydrogen-bond donors (Lipinski definition) is 1. The molecule has 0 aromatic heterocycles. The van der Waals surface area contributed by atoms with Gasteiger partial charge in [-0.05, 0) is 49.6 Å². The number of nitrogens with zero attached hydrogens (tertiary/aromatic N) is 1. The second-order valence-electron chi connectivity index (χ2n) is 5.63. The molecule has 1 aliphatic rings. The molecule has 0 spiro atoms. The number of anilines is 2. The van der Waals surface area contributed by atoms with Crippen LogP contribution in [0.3, 0.4) is 0 Å². The highest BCUT2D eigenvalue weighted by atomic mass is 35.5. The average molecular weight is 351 g/mol. The summed E-state index contributed by atoms with van der Waals surface area (Å²) in [6.07, 6.45) is 0.924. The fraction of sp³-hybridized carbons (Fsp3) is 0.278. The molecule has 0 fully saturated rings. The van der Waals surface area contributed by atoms with Crippen LogP contribution in [0.25, 0.3) is 0 Å². The number of rotatable bonds is 3. The van der Waals surface area contributed by atoms with E-state index in [4.69, 9.17) is 10.5 Å². The van der Waals surface area contributed by atoms with Crippen molar-refractivity contribution in [2.45, 2.75) is 25.9 Å². The predicted molar refractivity (Wildman–Crippen MR) is 95.3 cm³/mol. The van der Waals surface area contributed by atoms with Crippen LogP contribution in [0.5, 0.6) is 5.75 Å². The van der Waals surface area contributed by atoms with Crippen molar-refractivity contribution in [1.29, 1.82) is 0 Å². The molecule has 3 rings (SSSR count). The molecule has 0 saturated heterocycles. The molecule has 2 N–H and O–H groups in total. The van der Waals surface area contributed by atoms with Gasteiger partial charge in [0.15, 0.2) is 17.7 Å². The molecule has 2 aromatic rings. The van der Waals surface area contributed by atoms with Gasteiger partial charge in [0.25, 0.3) is 5.91 Å². The van der Waals surface area contributed by atoms with Crippen molar-refractivity contribution < 1.29 is 13.9 Å². The summed E-state index contributed by atoms with van der Waals surface area (Å²) >= 11 is 0. The number of halogens is 2. The number of benzene rings is 2. The minimum atomic E-state index is -0.778. The Morgan fingerprint density at radius 3 is 2.75 bits per heavy atom. The lowest BCUT2D eigenvalue weighted by Gasteiger charge is -2.32. The van der Waals surface area contributed by atoms with Crippen LogP contribution in [0.2, 0.25) is 0 Å². The van der Waals surface area contributed by atoms with Gasteiger partial charge in [-0.3, -0.25) is 4.79 Å². The van der Waals surface area contributed by atoms with Crippen molar-refractivity contribution in [2.24, 2.45) is 0 Å². The summed E-state index contributed by atoms with van der Waals surface area (Å²) in [4.78, 5) is 14.4. The van der Waals surface area contributed by atoms with Crippen LogP contribution >= 0.6 is 12.4 Å². The van der Waals surface area contributed by atoms with Crippen LogP contribution in [0.1, 0.15) is 18.9 Å². The highest BCUT2D eigenvalue weighted by Crippen LogP contribution is 2.32. The Kier molecular flexibility index (Phi) is 5.67. The third-order valence-corrected chi connectivity index (χ3v) is 4.04. The first-order chi connectivity index (χ1) is 11.1. The Morgan fingerprint density at radius 2 is 2.00 bits per heavy atom. The Labute approximate surface area is 146 Å². The molecule has 1 unspecified atom stereocenters. The lowest BCUT2D eigenvalue weighted by Crippen LogP contribution is -2.43. The van der Waals surface area contributed by atoms with Crippen molar-refractivity contribution in [3.63, 3.8) is 0 Å². The average Bonchev–Trinajstić information content (AvgIpc) is 2.56. The molecule has 1 heterocycles. The first-order valence-electron chi connectivity index (χ1n) is 7.68. The lowest BCUT2D eigenvalue weighted by molar-refractivity contribution is -0.124. The number of hydrogen-bond acceptors (Lipinski definition) is 3. The Morgan fingerprint density at radius 1 is 1.25 bits per heavy atom. The Hall–Kier alpha value is -2.27. The molecule has 6 heteroatoms. The van der Waals surface area contributed by atoms with Crippen molar-refractivity contribution in [3.05, 3.63) is 53.8 Å². The second kappa shape index (κ2) is 7.53. The molecule has 24 heavy (non-hydrogen) atoms. The van der Waals surface area contributed by atoms with Gasteiger partial charge >= 0.3 is 0 Å². The maximum Gasteiger partial charge on any atom is 0.267 e. The molecular weight excluding hydrogens is 331 g/mol. The van der Waals surface area contributed by atoms with E-state index in [0.29, 0.717) is 12.2 Å². The Balaban J connectivity index is 0.00000208. The van der Waals surface area contributed by atoms with Crippen LogP contribution < -0.4 is 15.4 Å². The van der Waals surface area contributed by atoms with E-state index in [1.165, 1.54) is 12.1 Å². The molecule has 0 aliphatic carbocycles. The fourth-order valence-corrected chi connectivity index (χ4v) is 2.88.